The minimum atomic E-state index is -1.22. The standard InChI is InChI=1S/C14H18O2S/c1-3-4-5-13(10-15)11-17(16)14-8-6-12(2)7-9-14/h6-11H,3-5H2,1-2H3/b13-11-. The van der Waals surface area contributed by atoms with Gasteiger partial charge in [0.2, 0.25) is 0 Å². The summed E-state index contributed by atoms with van der Waals surface area (Å²) in [6, 6.07) is 7.52. The number of aldehydes is 1. The third kappa shape index (κ3) is 4.65. The number of benzene rings is 1. The Bertz CT molecular complexity index is 418. The van der Waals surface area contributed by atoms with Crippen LogP contribution in [0, 0.1) is 6.92 Å². The maximum Gasteiger partial charge on any atom is 0.146 e. The number of aryl methyl sites for hydroxylation is 1. The van der Waals surface area contributed by atoms with Gasteiger partial charge in [-0.3, -0.25) is 4.79 Å². The highest BCUT2D eigenvalue weighted by Crippen LogP contribution is 2.13. The molecule has 0 aromatic heterocycles. The fourth-order valence-corrected chi connectivity index (χ4v) is 2.39. The van der Waals surface area contributed by atoms with Crippen molar-refractivity contribution in [1.82, 2.24) is 0 Å². The average Bonchev–Trinajstić information content (AvgIpc) is 2.35. The third-order valence-electron chi connectivity index (χ3n) is 2.48. The lowest BCUT2D eigenvalue weighted by molar-refractivity contribution is -0.105. The summed E-state index contributed by atoms with van der Waals surface area (Å²) in [5.41, 5.74) is 1.77. The molecule has 0 aliphatic rings. The van der Waals surface area contributed by atoms with Gasteiger partial charge in [-0.1, -0.05) is 31.0 Å². The van der Waals surface area contributed by atoms with E-state index in [1.165, 1.54) is 0 Å². The maximum atomic E-state index is 12.0. The molecule has 0 radical (unpaired) electrons. The molecule has 1 atom stereocenters. The predicted molar refractivity (Wildman–Crippen MR) is 71.3 cm³/mol. The van der Waals surface area contributed by atoms with Gasteiger partial charge in [-0.05, 0) is 31.9 Å². The van der Waals surface area contributed by atoms with Crippen LogP contribution in [0.3, 0.4) is 0 Å². The minimum absolute atomic E-state index is 0.630. The lowest BCUT2D eigenvalue weighted by Gasteiger charge is -2.00. The van der Waals surface area contributed by atoms with E-state index in [0.29, 0.717) is 12.0 Å². The zero-order chi connectivity index (χ0) is 12.7. The SMILES string of the molecule is CCCC/C(C=O)=C/S(=O)c1ccc(C)cc1. The van der Waals surface area contributed by atoms with Crippen LogP contribution in [0.1, 0.15) is 31.7 Å². The van der Waals surface area contributed by atoms with Crippen LogP contribution in [0.4, 0.5) is 0 Å². The van der Waals surface area contributed by atoms with Gasteiger partial charge in [-0.15, -0.1) is 0 Å². The van der Waals surface area contributed by atoms with E-state index in [4.69, 9.17) is 0 Å². The number of carbonyl (C=O) groups excluding carboxylic acids is 1. The smallest absolute Gasteiger partial charge is 0.146 e. The molecule has 0 saturated carbocycles. The zero-order valence-electron chi connectivity index (χ0n) is 10.3. The first-order valence-electron chi connectivity index (χ1n) is 5.80. The molecule has 0 bridgehead atoms. The van der Waals surface area contributed by atoms with Crippen molar-refractivity contribution in [1.29, 1.82) is 0 Å². The van der Waals surface area contributed by atoms with Crippen molar-refractivity contribution in [2.24, 2.45) is 0 Å². The molecule has 0 fully saturated rings. The molecule has 0 spiro atoms. The van der Waals surface area contributed by atoms with Crippen LogP contribution in [0.2, 0.25) is 0 Å². The van der Waals surface area contributed by atoms with Gasteiger partial charge in [-0.25, -0.2) is 4.21 Å². The largest absolute Gasteiger partial charge is 0.298 e. The quantitative estimate of drug-likeness (QED) is 0.573. The minimum Gasteiger partial charge on any atom is -0.298 e. The van der Waals surface area contributed by atoms with Crippen LogP contribution in [-0.4, -0.2) is 10.5 Å². The van der Waals surface area contributed by atoms with Gasteiger partial charge >= 0.3 is 0 Å². The monoisotopic (exact) mass is 250 g/mol. The summed E-state index contributed by atoms with van der Waals surface area (Å²) < 4.78 is 12.0. The highest BCUT2D eigenvalue weighted by molar-refractivity contribution is 7.88. The normalized spacial score (nSPS) is 13.4. The third-order valence-corrected chi connectivity index (χ3v) is 3.74. The van der Waals surface area contributed by atoms with Crippen molar-refractivity contribution >= 4 is 17.1 Å². The molecule has 0 aliphatic carbocycles. The van der Waals surface area contributed by atoms with Gasteiger partial charge in [0.25, 0.3) is 0 Å². The van der Waals surface area contributed by atoms with Crippen molar-refractivity contribution in [2.45, 2.75) is 38.0 Å². The maximum absolute atomic E-state index is 12.0. The topological polar surface area (TPSA) is 34.1 Å². The summed E-state index contributed by atoms with van der Waals surface area (Å²) in [4.78, 5) is 11.6. The number of allylic oxidation sites excluding steroid dienone is 1. The molecule has 1 aromatic carbocycles. The Morgan fingerprint density at radius 2 is 1.94 bits per heavy atom. The van der Waals surface area contributed by atoms with Gasteiger partial charge in [0.05, 0.1) is 10.8 Å². The number of hydrogen-bond acceptors (Lipinski definition) is 2. The molecule has 1 unspecified atom stereocenters. The molecule has 0 heterocycles. The van der Waals surface area contributed by atoms with Gasteiger partial charge in [0, 0.05) is 15.9 Å². The van der Waals surface area contributed by atoms with E-state index in [-0.39, 0.29) is 0 Å². The molecule has 92 valence electrons. The van der Waals surface area contributed by atoms with Crippen LogP contribution < -0.4 is 0 Å². The van der Waals surface area contributed by atoms with Crippen molar-refractivity contribution in [3.05, 3.63) is 40.8 Å². The second kappa shape index (κ2) is 7.17. The van der Waals surface area contributed by atoms with Crippen LogP contribution >= 0.6 is 0 Å². The Balaban J connectivity index is 2.78. The highest BCUT2D eigenvalue weighted by Gasteiger charge is 2.02. The van der Waals surface area contributed by atoms with E-state index in [1.54, 1.807) is 5.41 Å². The van der Waals surface area contributed by atoms with Crippen LogP contribution in [0.5, 0.6) is 0 Å². The van der Waals surface area contributed by atoms with Crippen LogP contribution in [-0.2, 0) is 15.6 Å². The Morgan fingerprint density at radius 1 is 1.29 bits per heavy atom. The van der Waals surface area contributed by atoms with Gasteiger partial charge in [0.15, 0.2) is 0 Å². The van der Waals surface area contributed by atoms with Crippen molar-refractivity contribution < 1.29 is 9.00 Å². The van der Waals surface area contributed by atoms with Crippen molar-refractivity contribution in [2.75, 3.05) is 0 Å². The molecule has 3 heteroatoms. The van der Waals surface area contributed by atoms with Crippen LogP contribution in [0.25, 0.3) is 0 Å². The molecule has 2 nitrogen and oxygen atoms in total. The molecule has 0 amide bonds. The summed E-state index contributed by atoms with van der Waals surface area (Å²) >= 11 is 0. The molecule has 0 aliphatic heterocycles. The van der Waals surface area contributed by atoms with Gasteiger partial charge in [-0.2, -0.15) is 0 Å². The Labute approximate surface area is 105 Å². The lowest BCUT2D eigenvalue weighted by Crippen LogP contribution is -1.92. The van der Waals surface area contributed by atoms with E-state index in [0.717, 1.165) is 29.6 Å². The molecule has 1 aromatic rings. The summed E-state index contributed by atoms with van der Waals surface area (Å²) in [6.07, 6.45) is 3.50. The average molecular weight is 250 g/mol. The summed E-state index contributed by atoms with van der Waals surface area (Å²) in [6.45, 7) is 4.06. The van der Waals surface area contributed by atoms with E-state index < -0.39 is 10.8 Å². The number of hydrogen-bond donors (Lipinski definition) is 0. The van der Waals surface area contributed by atoms with Crippen LogP contribution in [0.15, 0.2) is 40.1 Å². The first-order chi connectivity index (χ1) is 8.17. The fourth-order valence-electron chi connectivity index (χ4n) is 1.40. The lowest BCUT2D eigenvalue weighted by atomic mass is 10.1. The van der Waals surface area contributed by atoms with Gasteiger partial charge in [0.1, 0.15) is 6.29 Å². The van der Waals surface area contributed by atoms with Crippen molar-refractivity contribution in [3.8, 4) is 0 Å². The van der Waals surface area contributed by atoms with Gasteiger partial charge < -0.3 is 0 Å². The number of unbranched alkanes of at least 4 members (excludes halogenated alkanes) is 1. The second-order valence-corrected chi connectivity index (χ2v) is 5.33. The first kappa shape index (κ1) is 13.8. The summed E-state index contributed by atoms with van der Waals surface area (Å²) in [5, 5.41) is 1.56. The summed E-state index contributed by atoms with van der Waals surface area (Å²) in [7, 11) is -1.22. The fraction of sp³-hybridized carbons (Fsp3) is 0.357. The number of carbonyl (C=O) groups is 1. The Kier molecular flexibility index (Phi) is 5.84. The molecule has 1 rings (SSSR count). The molecular formula is C14H18O2S. The Morgan fingerprint density at radius 3 is 2.47 bits per heavy atom. The van der Waals surface area contributed by atoms with E-state index in [1.807, 2.05) is 31.2 Å². The van der Waals surface area contributed by atoms with E-state index in [9.17, 15) is 9.00 Å². The zero-order valence-corrected chi connectivity index (χ0v) is 11.1. The molecule has 0 saturated heterocycles. The summed E-state index contributed by atoms with van der Waals surface area (Å²) in [5.74, 6) is 0. The van der Waals surface area contributed by atoms with E-state index in [2.05, 4.69) is 6.92 Å². The first-order valence-corrected chi connectivity index (χ1v) is 7.01. The molecule has 0 N–H and O–H groups in total. The second-order valence-electron chi connectivity index (χ2n) is 4.02. The predicted octanol–water partition coefficient (Wildman–Crippen LogP) is 3.38. The number of rotatable bonds is 6. The van der Waals surface area contributed by atoms with E-state index >= 15 is 0 Å². The molecular weight excluding hydrogens is 232 g/mol. The molecule has 17 heavy (non-hydrogen) atoms. The Hall–Kier alpha value is -1.22. The highest BCUT2D eigenvalue weighted by atomic mass is 32.2. The van der Waals surface area contributed by atoms with Crippen molar-refractivity contribution in [3.63, 3.8) is 0 Å².